The molecule has 13 heavy (non-hydrogen) atoms. The fourth-order valence-electron chi connectivity index (χ4n) is 1.74. The van der Waals surface area contributed by atoms with Gasteiger partial charge in [0.2, 0.25) is 5.91 Å². The maximum absolute atomic E-state index is 11.7. The molecule has 0 aromatic heterocycles. The first-order chi connectivity index (χ1) is 6.25. The fourth-order valence-corrected chi connectivity index (χ4v) is 1.74. The van der Waals surface area contributed by atoms with Gasteiger partial charge < -0.3 is 9.64 Å². The zero-order valence-corrected chi connectivity index (χ0v) is 8.16. The van der Waals surface area contributed by atoms with Gasteiger partial charge in [-0.05, 0) is 25.7 Å². The molecule has 1 atom stereocenters. The molecule has 1 unspecified atom stereocenters. The van der Waals surface area contributed by atoms with E-state index in [1.807, 2.05) is 11.8 Å². The van der Waals surface area contributed by atoms with Crippen LogP contribution in [0.2, 0.25) is 0 Å². The summed E-state index contributed by atoms with van der Waals surface area (Å²) in [5.74, 6) is 1.03. The third kappa shape index (κ3) is 2.44. The normalized spacial score (nSPS) is 29.0. The highest BCUT2D eigenvalue weighted by Crippen LogP contribution is 2.33. The van der Waals surface area contributed by atoms with Crippen molar-refractivity contribution in [1.29, 1.82) is 0 Å². The van der Waals surface area contributed by atoms with Crippen molar-refractivity contribution in [2.45, 2.75) is 32.3 Å². The third-order valence-corrected chi connectivity index (χ3v) is 2.75. The molecule has 0 bridgehead atoms. The number of rotatable bonds is 2. The van der Waals surface area contributed by atoms with E-state index in [9.17, 15) is 4.79 Å². The summed E-state index contributed by atoms with van der Waals surface area (Å²) >= 11 is 0. The van der Waals surface area contributed by atoms with Crippen LogP contribution in [0.1, 0.15) is 26.2 Å². The highest BCUT2D eigenvalue weighted by molar-refractivity contribution is 5.76. The quantitative estimate of drug-likeness (QED) is 0.640. The highest BCUT2D eigenvalue weighted by atomic mass is 16.5. The van der Waals surface area contributed by atoms with Gasteiger partial charge in [0.15, 0.2) is 0 Å². The lowest BCUT2D eigenvalue weighted by molar-refractivity contribution is -0.138. The van der Waals surface area contributed by atoms with Crippen LogP contribution in [0.5, 0.6) is 0 Å². The van der Waals surface area contributed by atoms with Gasteiger partial charge >= 0.3 is 0 Å². The van der Waals surface area contributed by atoms with E-state index in [1.54, 1.807) is 0 Å². The van der Waals surface area contributed by atoms with Crippen LogP contribution >= 0.6 is 0 Å². The average Bonchev–Trinajstić information content (AvgIpc) is 2.88. The Morgan fingerprint density at radius 2 is 2.31 bits per heavy atom. The maximum atomic E-state index is 11.7. The SMILES string of the molecule is CC1CN(C(=O)CC2CC2)CCO1. The van der Waals surface area contributed by atoms with Crippen molar-refractivity contribution in [3.8, 4) is 0 Å². The summed E-state index contributed by atoms with van der Waals surface area (Å²) in [6.07, 6.45) is 3.50. The lowest BCUT2D eigenvalue weighted by Gasteiger charge is -2.31. The largest absolute Gasteiger partial charge is 0.375 e. The smallest absolute Gasteiger partial charge is 0.223 e. The van der Waals surface area contributed by atoms with Crippen LogP contribution in [0.4, 0.5) is 0 Å². The zero-order valence-electron chi connectivity index (χ0n) is 8.16. The maximum Gasteiger partial charge on any atom is 0.223 e. The second-order valence-corrected chi connectivity index (χ2v) is 4.17. The number of hydrogen-bond acceptors (Lipinski definition) is 2. The van der Waals surface area contributed by atoms with E-state index >= 15 is 0 Å². The molecule has 1 aliphatic heterocycles. The molecule has 1 saturated heterocycles. The number of ether oxygens (including phenoxy) is 1. The third-order valence-electron chi connectivity index (χ3n) is 2.75. The predicted molar refractivity (Wildman–Crippen MR) is 49.3 cm³/mol. The monoisotopic (exact) mass is 183 g/mol. The molecule has 0 radical (unpaired) electrons. The molecule has 2 fully saturated rings. The van der Waals surface area contributed by atoms with Crippen LogP contribution < -0.4 is 0 Å². The second kappa shape index (κ2) is 3.66. The Labute approximate surface area is 79.0 Å². The van der Waals surface area contributed by atoms with Crippen molar-refractivity contribution < 1.29 is 9.53 Å². The first-order valence-electron chi connectivity index (χ1n) is 5.15. The van der Waals surface area contributed by atoms with E-state index in [0.717, 1.165) is 19.5 Å². The molecule has 3 heteroatoms. The molecule has 2 rings (SSSR count). The minimum atomic E-state index is 0.219. The van der Waals surface area contributed by atoms with E-state index in [0.29, 0.717) is 18.4 Å². The number of carbonyl (C=O) groups is 1. The van der Waals surface area contributed by atoms with Crippen LogP contribution in [0.3, 0.4) is 0 Å². The number of amides is 1. The van der Waals surface area contributed by atoms with Gasteiger partial charge in [-0.25, -0.2) is 0 Å². The second-order valence-electron chi connectivity index (χ2n) is 4.17. The van der Waals surface area contributed by atoms with Gasteiger partial charge in [0.05, 0.1) is 12.7 Å². The van der Waals surface area contributed by atoms with Gasteiger partial charge in [-0.3, -0.25) is 4.79 Å². The summed E-state index contributed by atoms with van der Waals surface area (Å²) in [4.78, 5) is 13.6. The molecule has 0 N–H and O–H groups in total. The van der Waals surface area contributed by atoms with E-state index in [4.69, 9.17) is 4.74 Å². The van der Waals surface area contributed by atoms with Crippen molar-refractivity contribution >= 4 is 5.91 Å². The van der Waals surface area contributed by atoms with Gasteiger partial charge in [-0.15, -0.1) is 0 Å². The Balaban J connectivity index is 1.80. The topological polar surface area (TPSA) is 29.5 Å². The lowest BCUT2D eigenvalue weighted by atomic mass is 10.2. The van der Waals surface area contributed by atoms with Crippen LogP contribution in [-0.2, 0) is 9.53 Å². The van der Waals surface area contributed by atoms with E-state index < -0.39 is 0 Å². The Hall–Kier alpha value is -0.570. The van der Waals surface area contributed by atoms with Crippen LogP contribution in [0, 0.1) is 5.92 Å². The summed E-state index contributed by atoms with van der Waals surface area (Å²) < 4.78 is 5.38. The van der Waals surface area contributed by atoms with Crippen molar-refractivity contribution in [1.82, 2.24) is 4.90 Å². The van der Waals surface area contributed by atoms with Crippen molar-refractivity contribution in [3.63, 3.8) is 0 Å². The van der Waals surface area contributed by atoms with Gasteiger partial charge in [0, 0.05) is 19.5 Å². The summed E-state index contributed by atoms with van der Waals surface area (Å²) in [5, 5.41) is 0. The standard InChI is InChI=1S/C10H17NO2/c1-8-7-11(4-5-13-8)10(12)6-9-2-3-9/h8-9H,2-7H2,1H3. The summed E-state index contributed by atoms with van der Waals surface area (Å²) in [6, 6.07) is 0. The van der Waals surface area contributed by atoms with E-state index in [2.05, 4.69) is 0 Å². The molecule has 2 aliphatic rings. The van der Waals surface area contributed by atoms with Gasteiger partial charge in [0.25, 0.3) is 0 Å². The molecule has 1 amide bonds. The van der Waals surface area contributed by atoms with Crippen molar-refractivity contribution in [3.05, 3.63) is 0 Å². The number of morpholine rings is 1. The van der Waals surface area contributed by atoms with Crippen LogP contribution in [0.25, 0.3) is 0 Å². The average molecular weight is 183 g/mol. The van der Waals surface area contributed by atoms with Gasteiger partial charge in [-0.1, -0.05) is 0 Å². The van der Waals surface area contributed by atoms with Crippen molar-refractivity contribution in [2.24, 2.45) is 5.92 Å². The number of nitrogens with zero attached hydrogens (tertiary/aromatic N) is 1. The van der Waals surface area contributed by atoms with Gasteiger partial charge in [0.1, 0.15) is 0 Å². The predicted octanol–water partition coefficient (Wildman–Crippen LogP) is 1.03. The highest BCUT2D eigenvalue weighted by Gasteiger charge is 2.28. The molecular formula is C10H17NO2. The molecular weight excluding hydrogens is 166 g/mol. The minimum Gasteiger partial charge on any atom is -0.375 e. The van der Waals surface area contributed by atoms with Crippen LogP contribution in [-0.4, -0.2) is 36.6 Å². The summed E-state index contributed by atoms with van der Waals surface area (Å²) in [6.45, 7) is 4.30. The molecule has 0 spiro atoms. The number of carbonyl (C=O) groups excluding carboxylic acids is 1. The van der Waals surface area contributed by atoms with Gasteiger partial charge in [-0.2, -0.15) is 0 Å². The minimum absolute atomic E-state index is 0.219. The summed E-state index contributed by atoms with van der Waals surface area (Å²) in [5.41, 5.74) is 0. The molecule has 74 valence electrons. The first kappa shape index (κ1) is 9.00. The van der Waals surface area contributed by atoms with E-state index in [1.165, 1.54) is 12.8 Å². The molecule has 1 aliphatic carbocycles. The van der Waals surface area contributed by atoms with E-state index in [-0.39, 0.29) is 6.10 Å². The molecule has 3 nitrogen and oxygen atoms in total. The Morgan fingerprint density at radius 1 is 1.54 bits per heavy atom. The first-order valence-corrected chi connectivity index (χ1v) is 5.15. The Bertz CT molecular complexity index is 201. The number of hydrogen-bond donors (Lipinski definition) is 0. The van der Waals surface area contributed by atoms with Crippen molar-refractivity contribution in [2.75, 3.05) is 19.7 Å². The fraction of sp³-hybridized carbons (Fsp3) is 0.900. The Morgan fingerprint density at radius 3 is 2.92 bits per heavy atom. The Kier molecular flexibility index (Phi) is 2.54. The van der Waals surface area contributed by atoms with Crippen LogP contribution in [0.15, 0.2) is 0 Å². The molecule has 1 heterocycles. The molecule has 1 saturated carbocycles. The summed E-state index contributed by atoms with van der Waals surface area (Å²) in [7, 11) is 0. The zero-order chi connectivity index (χ0) is 9.26. The lowest BCUT2D eigenvalue weighted by Crippen LogP contribution is -2.44. The molecule has 0 aromatic rings. The molecule has 0 aromatic carbocycles.